The molecule has 0 amide bonds. The van der Waals surface area contributed by atoms with Crippen molar-refractivity contribution in [1.82, 2.24) is 9.88 Å². The van der Waals surface area contributed by atoms with Crippen molar-refractivity contribution < 1.29 is 4.74 Å². The first kappa shape index (κ1) is 11.4. The molecule has 1 aliphatic rings. The van der Waals surface area contributed by atoms with Crippen LogP contribution in [-0.4, -0.2) is 35.6 Å². The van der Waals surface area contributed by atoms with E-state index in [1.54, 1.807) is 7.11 Å². The molecule has 2 heterocycles. The monoisotopic (exact) mass is 221 g/mol. The van der Waals surface area contributed by atoms with Crippen molar-refractivity contribution >= 4 is 0 Å². The summed E-state index contributed by atoms with van der Waals surface area (Å²) < 4.78 is 5.23. The molecule has 0 saturated carbocycles. The first-order valence-electron chi connectivity index (χ1n) is 5.51. The van der Waals surface area contributed by atoms with Crippen LogP contribution in [0.25, 0.3) is 0 Å². The lowest BCUT2D eigenvalue weighted by atomic mass is 9.94. The Morgan fingerprint density at radius 1 is 1.50 bits per heavy atom. The Morgan fingerprint density at radius 2 is 2.19 bits per heavy atom. The number of ether oxygens (including phenoxy) is 1. The third-order valence-corrected chi connectivity index (χ3v) is 2.77. The number of aryl methyl sites for hydroxylation is 1. The van der Waals surface area contributed by atoms with Crippen LogP contribution in [0.2, 0.25) is 0 Å². The van der Waals surface area contributed by atoms with Crippen LogP contribution in [0.15, 0.2) is 12.1 Å². The van der Waals surface area contributed by atoms with Gasteiger partial charge >= 0.3 is 0 Å². The number of likely N-dealkylation sites (tertiary alicyclic amines) is 1. The molecule has 0 spiro atoms. The molecule has 1 fully saturated rings. The highest BCUT2D eigenvalue weighted by Gasteiger charge is 2.34. The molecule has 4 heteroatoms. The van der Waals surface area contributed by atoms with Crippen LogP contribution in [-0.2, 0) is 6.54 Å². The van der Waals surface area contributed by atoms with E-state index in [4.69, 9.17) is 10.5 Å². The fourth-order valence-corrected chi connectivity index (χ4v) is 2.22. The van der Waals surface area contributed by atoms with Crippen molar-refractivity contribution in [1.29, 1.82) is 0 Å². The van der Waals surface area contributed by atoms with Gasteiger partial charge in [-0.25, -0.2) is 0 Å². The van der Waals surface area contributed by atoms with Gasteiger partial charge < -0.3 is 10.5 Å². The molecule has 0 unspecified atom stereocenters. The van der Waals surface area contributed by atoms with Crippen LogP contribution >= 0.6 is 0 Å². The minimum absolute atomic E-state index is 0.0199. The standard InChI is InChI=1S/C12H19N3O/c1-9-4-11(16-3)5-10(14-9)6-15-7-12(2,13)8-15/h4-5H,6-8,13H2,1-3H3. The lowest BCUT2D eigenvalue weighted by Crippen LogP contribution is -2.64. The van der Waals surface area contributed by atoms with Gasteiger partial charge in [-0.3, -0.25) is 9.88 Å². The highest BCUT2D eigenvalue weighted by Crippen LogP contribution is 2.21. The van der Waals surface area contributed by atoms with Crippen molar-refractivity contribution in [2.75, 3.05) is 20.2 Å². The van der Waals surface area contributed by atoms with Crippen molar-refractivity contribution in [3.8, 4) is 5.75 Å². The predicted molar refractivity (Wildman–Crippen MR) is 63.4 cm³/mol. The smallest absolute Gasteiger partial charge is 0.122 e. The fraction of sp³-hybridized carbons (Fsp3) is 0.583. The molecular weight excluding hydrogens is 202 g/mol. The van der Waals surface area contributed by atoms with Gasteiger partial charge in [0.15, 0.2) is 0 Å². The lowest BCUT2D eigenvalue weighted by Gasteiger charge is -2.45. The third kappa shape index (κ3) is 2.51. The molecule has 1 aliphatic heterocycles. The number of nitrogens with two attached hydrogens (primary N) is 1. The van der Waals surface area contributed by atoms with Crippen LogP contribution in [0.4, 0.5) is 0 Å². The quantitative estimate of drug-likeness (QED) is 0.825. The number of rotatable bonds is 3. The SMILES string of the molecule is COc1cc(C)nc(CN2CC(C)(N)C2)c1. The normalized spacial score (nSPS) is 19.2. The largest absolute Gasteiger partial charge is 0.497 e. The molecule has 0 atom stereocenters. The molecule has 1 aromatic heterocycles. The Balaban J connectivity index is 2.02. The number of hydrogen-bond donors (Lipinski definition) is 1. The summed E-state index contributed by atoms with van der Waals surface area (Å²) >= 11 is 0. The number of pyridine rings is 1. The molecule has 0 radical (unpaired) electrons. The van der Waals surface area contributed by atoms with Crippen LogP contribution in [0, 0.1) is 6.92 Å². The molecule has 0 bridgehead atoms. The molecule has 16 heavy (non-hydrogen) atoms. The summed E-state index contributed by atoms with van der Waals surface area (Å²) in [6.07, 6.45) is 0. The van der Waals surface area contributed by atoms with Crippen molar-refractivity contribution in [3.63, 3.8) is 0 Å². The zero-order chi connectivity index (χ0) is 11.8. The molecule has 2 rings (SSSR count). The summed E-state index contributed by atoms with van der Waals surface area (Å²) in [5, 5.41) is 0. The van der Waals surface area contributed by atoms with E-state index >= 15 is 0 Å². The second kappa shape index (κ2) is 4.03. The van der Waals surface area contributed by atoms with Gasteiger partial charge in [0.05, 0.1) is 12.8 Å². The first-order valence-corrected chi connectivity index (χ1v) is 5.51. The number of aromatic nitrogens is 1. The molecule has 0 aliphatic carbocycles. The van der Waals surface area contributed by atoms with Gasteiger partial charge in [0, 0.05) is 43.0 Å². The summed E-state index contributed by atoms with van der Waals surface area (Å²) in [5.74, 6) is 0.874. The van der Waals surface area contributed by atoms with Crippen molar-refractivity contribution in [2.24, 2.45) is 5.73 Å². The van der Waals surface area contributed by atoms with Gasteiger partial charge in [-0.2, -0.15) is 0 Å². The lowest BCUT2D eigenvalue weighted by molar-refractivity contribution is 0.0750. The molecule has 0 aromatic carbocycles. The maximum atomic E-state index is 5.96. The Morgan fingerprint density at radius 3 is 2.75 bits per heavy atom. The van der Waals surface area contributed by atoms with E-state index < -0.39 is 0 Å². The van der Waals surface area contributed by atoms with E-state index in [9.17, 15) is 0 Å². The molecule has 1 aromatic rings. The number of methoxy groups -OCH3 is 1. The summed E-state index contributed by atoms with van der Waals surface area (Å²) in [4.78, 5) is 6.78. The van der Waals surface area contributed by atoms with Gasteiger partial charge in [0.2, 0.25) is 0 Å². The third-order valence-electron chi connectivity index (χ3n) is 2.77. The van der Waals surface area contributed by atoms with E-state index in [2.05, 4.69) is 16.8 Å². The maximum Gasteiger partial charge on any atom is 0.122 e. The zero-order valence-electron chi connectivity index (χ0n) is 10.2. The van der Waals surface area contributed by atoms with Crippen LogP contribution in [0.1, 0.15) is 18.3 Å². The Hall–Kier alpha value is -1.13. The number of hydrogen-bond acceptors (Lipinski definition) is 4. The summed E-state index contributed by atoms with van der Waals surface area (Å²) in [6.45, 7) is 6.78. The van der Waals surface area contributed by atoms with Gasteiger partial charge in [-0.05, 0) is 13.8 Å². The second-order valence-corrected chi connectivity index (χ2v) is 4.94. The Kier molecular flexibility index (Phi) is 2.86. The minimum atomic E-state index is -0.0199. The predicted octanol–water partition coefficient (Wildman–Crippen LogP) is 0.932. The van der Waals surface area contributed by atoms with E-state index in [0.29, 0.717) is 0 Å². The summed E-state index contributed by atoms with van der Waals surface area (Å²) in [5.41, 5.74) is 7.98. The highest BCUT2D eigenvalue weighted by molar-refractivity contribution is 5.26. The number of nitrogens with zero attached hydrogens (tertiary/aromatic N) is 2. The van der Waals surface area contributed by atoms with E-state index in [1.165, 1.54) is 0 Å². The topological polar surface area (TPSA) is 51.4 Å². The van der Waals surface area contributed by atoms with Crippen LogP contribution in [0.5, 0.6) is 5.75 Å². The van der Waals surface area contributed by atoms with E-state index in [0.717, 1.165) is 36.8 Å². The Labute approximate surface area is 96.4 Å². The van der Waals surface area contributed by atoms with Gasteiger partial charge in [0.25, 0.3) is 0 Å². The fourth-order valence-electron chi connectivity index (χ4n) is 2.22. The average Bonchev–Trinajstić information content (AvgIpc) is 2.14. The average molecular weight is 221 g/mol. The van der Waals surface area contributed by atoms with E-state index in [1.807, 2.05) is 19.1 Å². The minimum Gasteiger partial charge on any atom is -0.497 e. The second-order valence-electron chi connectivity index (χ2n) is 4.94. The molecule has 4 nitrogen and oxygen atoms in total. The van der Waals surface area contributed by atoms with E-state index in [-0.39, 0.29) is 5.54 Å². The molecule has 88 valence electrons. The van der Waals surface area contributed by atoms with Crippen molar-refractivity contribution in [3.05, 3.63) is 23.5 Å². The van der Waals surface area contributed by atoms with Gasteiger partial charge in [-0.15, -0.1) is 0 Å². The molecule has 1 saturated heterocycles. The Bertz CT molecular complexity index is 382. The highest BCUT2D eigenvalue weighted by atomic mass is 16.5. The van der Waals surface area contributed by atoms with Crippen LogP contribution in [0.3, 0.4) is 0 Å². The zero-order valence-corrected chi connectivity index (χ0v) is 10.2. The summed E-state index contributed by atoms with van der Waals surface area (Å²) in [7, 11) is 1.68. The van der Waals surface area contributed by atoms with Crippen molar-refractivity contribution in [2.45, 2.75) is 25.9 Å². The maximum absolute atomic E-state index is 5.96. The van der Waals surface area contributed by atoms with Crippen LogP contribution < -0.4 is 10.5 Å². The van der Waals surface area contributed by atoms with Gasteiger partial charge in [-0.1, -0.05) is 0 Å². The molecule has 2 N–H and O–H groups in total. The first-order chi connectivity index (χ1) is 7.48. The summed E-state index contributed by atoms with van der Waals surface area (Å²) in [6, 6.07) is 3.92. The van der Waals surface area contributed by atoms with Gasteiger partial charge in [0.1, 0.15) is 5.75 Å². The molecular formula is C12H19N3O.